The fourth-order valence-corrected chi connectivity index (χ4v) is 2.00. The predicted octanol–water partition coefficient (Wildman–Crippen LogP) is 2.35. The first-order valence-electron chi connectivity index (χ1n) is 6.44. The Morgan fingerprint density at radius 3 is 2.63 bits per heavy atom. The molecule has 0 aliphatic rings. The van der Waals surface area contributed by atoms with Crippen molar-refractivity contribution in [1.82, 2.24) is 5.32 Å². The largest absolute Gasteiger partial charge is 0.496 e. The van der Waals surface area contributed by atoms with E-state index in [4.69, 9.17) is 9.84 Å². The molecule has 19 heavy (non-hydrogen) atoms. The maximum absolute atomic E-state index is 10.5. The van der Waals surface area contributed by atoms with E-state index in [0.717, 1.165) is 17.9 Å². The third-order valence-electron chi connectivity index (χ3n) is 3.26. The molecule has 0 fully saturated rings. The van der Waals surface area contributed by atoms with Gasteiger partial charge in [0, 0.05) is 18.5 Å². The van der Waals surface area contributed by atoms with Crippen LogP contribution >= 0.6 is 0 Å². The summed E-state index contributed by atoms with van der Waals surface area (Å²) in [6.07, 6.45) is 0.151. The summed E-state index contributed by atoms with van der Waals surface area (Å²) in [5, 5.41) is 11.8. The van der Waals surface area contributed by atoms with Gasteiger partial charge in [-0.1, -0.05) is 26.0 Å². The Labute approximate surface area is 114 Å². The molecule has 0 atom stereocenters. The lowest BCUT2D eigenvalue weighted by Crippen LogP contribution is -2.34. The summed E-state index contributed by atoms with van der Waals surface area (Å²) in [5.41, 5.74) is 2.28. The zero-order chi connectivity index (χ0) is 14.5. The van der Waals surface area contributed by atoms with Gasteiger partial charge in [0.25, 0.3) is 0 Å². The van der Waals surface area contributed by atoms with Gasteiger partial charge in [-0.3, -0.25) is 4.79 Å². The Kier molecular flexibility index (Phi) is 5.36. The molecule has 2 N–H and O–H groups in total. The van der Waals surface area contributed by atoms with Crippen molar-refractivity contribution in [3.05, 3.63) is 29.3 Å². The minimum Gasteiger partial charge on any atom is -0.496 e. The number of aliphatic carboxylic acids is 1. The number of nitrogens with one attached hydrogen (secondary N) is 1. The molecule has 1 aromatic carbocycles. The smallest absolute Gasteiger partial charge is 0.304 e. The number of rotatable bonds is 7. The van der Waals surface area contributed by atoms with Gasteiger partial charge in [0.2, 0.25) is 0 Å². The predicted molar refractivity (Wildman–Crippen MR) is 75.9 cm³/mol. The Balaban J connectivity index is 2.66. The molecule has 0 aliphatic carbocycles. The molecule has 0 saturated carbocycles. The van der Waals surface area contributed by atoms with Crippen molar-refractivity contribution in [2.45, 2.75) is 32.6 Å². The maximum Gasteiger partial charge on any atom is 0.304 e. The van der Waals surface area contributed by atoms with Crippen molar-refractivity contribution in [2.24, 2.45) is 0 Å². The van der Waals surface area contributed by atoms with Crippen LogP contribution in [0.25, 0.3) is 0 Å². The van der Waals surface area contributed by atoms with Crippen molar-refractivity contribution in [1.29, 1.82) is 0 Å². The zero-order valence-electron chi connectivity index (χ0n) is 12.1. The average Bonchev–Trinajstić information content (AvgIpc) is 2.34. The van der Waals surface area contributed by atoms with E-state index in [2.05, 4.69) is 31.3 Å². The average molecular weight is 265 g/mol. The first-order chi connectivity index (χ1) is 8.86. The number of carboxylic acids is 1. The molecular weight excluding hydrogens is 242 g/mol. The van der Waals surface area contributed by atoms with Gasteiger partial charge in [-0.2, -0.15) is 0 Å². The number of ether oxygens (including phenoxy) is 1. The normalized spacial score (nSPS) is 11.4. The molecule has 0 saturated heterocycles. The van der Waals surface area contributed by atoms with Gasteiger partial charge in [-0.15, -0.1) is 0 Å². The summed E-state index contributed by atoms with van der Waals surface area (Å²) in [7, 11) is 1.67. The Bertz CT molecular complexity index is 441. The topological polar surface area (TPSA) is 58.6 Å². The second-order valence-electron chi connectivity index (χ2n) is 5.39. The molecule has 0 radical (unpaired) electrons. The van der Waals surface area contributed by atoms with Gasteiger partial charge in [0.05, 0.1) is 13.5 Å². The first-order valence-corrected chi connectivity index (χ1v) is 6.44. The van der Waals surface area contributed by atoms with Crippen LogP contribution in [0.15, 0.2) is 18.2 Å². The number of carboxylic acid groups (broad SMARTS) is 1. The Morgan fingerprint density at radius 2 is 2.11 bits per heavy atom. The minimum absolute atomic E-state index is 0.0461. The standard InChI is InChI=1S/C15H23NO3/c1-11-9-12(5-6-13(11)19-4)15(2,3)10-16-8-7-14(17)18/h5-6,9,16H,7-8,10H2,1-4H3,(H,17,18). The van der Waals surface area contributed by atoms with E-state index in [9.17, 15) is 4.79 Å². The van der Waals surface area contributed by atoms with E-state index < -0.39 is 5.97 Å². The number of benzene rings is 1. The van der Waals surface area contributed by atoms with Gasteiger partial charge in [-0.25, -0.2) is 0 Å². The zero-order valence-corrected chi connectivity index (χ0v) is 12.1. The van der Waals surface area contributed by atoms with Gasteiger partial charge < -0.3 is 15.2 Å². The van der Waals surface area contributed by atoms with E-state index in [-0.39, 0.29) is 11.8 Å². The lowest BCUT2D eigenvalue weighted by atomic mass is 9.83. The lowest BCUT2D eigenvalue weighted by Gasteiger charge is -2.26. The van der Waals surface area contributed by atoms with Gasteiger partial charge in [0.15, 0.2) is 0 Å². The van der Waals surface area contributed by atoms with Crippen molar-refractivity contribution in [3.8, 4) is 5.75 Å². The van der Waals surface area contributed by atoms with Crippen molar-refractivity contribution >= 4 is 5.97 Å². The van der Waals surface area contributed by atoms with Crippen LogP contribution in [-0.2, 0) is 10.2 Å². The second kappa shape index (κ2) is 6.57. The molecule has 0 amide bonds. The molecule has 1 aromatic rings. The molecule has 0 spiro atoms. The second-order valence-corrected chi connectivity index (χ2v) is 5.39. The fraction of sp³-hybridized carbons (Fsp3) is 0.533. The van der Waals surface area contributed by atoms with Crippen molar-refractivity contribution < 1.29 is 14.6 Å². The number of hydrogen-bond donors (Lipinski definition) is 2. The highest BCUT2D eigenvalue weighted by Crippen LogP contribution is 2.27. The summed E-state index contributed by atoms with van der Waals surface area (Å²) >= 11 is 0. The minimum atomic E-state index is -0.773. The highest BCUT2D eigenvalue weighted by atomic mass is 16.5. The first kappa shape index (κ1) is 15.5. The van der Waals surface area contributed by atoms with Crippen LogP contribution in [0.2, 0.25) is 0 Å². The van der Waals surface area contributed by atoms with Gasteiger partial charge >= 0.3 is 5.97 Å². The van der Waals surface area contributed by atoms with E-state index in [0.29, 0.717) is 6.54 Å². The molecule has 0 bridgehead atoms. The Morgan fingerprint density at radius 1 is 1.42 bits per heavy atom. The summed E-state index contributed by atoms with van der Waals surface area (Å²) in [5.74, 6) is 0.115. The van der Waals surface area contributed by atoms with Crippen LogP contribution in [-0.4, -0.2) is 31.3 Å². The van der Waals surface area contributed by atoms with E-state index in [1.54, 1.807) is 7.11 Å². The molecule has 106 valence electrons. The number of methoxy groups -OCH3 is 1. The van der Waals surface area contributed by atoms with Gasteiger partial charge in [0.1, 0.15) is 5.75 Å². The third kappa shape index (κ3) is 4.56. The molecule has 4 nitrogen and oxygen atoms in total. The fourth-order valence-electron chi connectivity index (χ4n) is 2.00. The molecule has 0 heterocycles. The number of aryl methyl sites for hydroxylation is 1. The van der Waals surface area contributed by atoms with Crippen LogP contribution in [0, 0.1) is 6.92 Å². The number of hydrogen-bond acceptors (Lipinski definition) is 3. The summed E-state index contributed by atoms with van der Waals surface area (Å²) in [6.45, 7) is 7.54. The maximum atomic E-state index is 10.5. The van der Waals surface area contributed by atoms with Gasteiger partial charge in [-0.05, 0) is 24.1 Å². The quantitative estimate of drug-likeness (QED) is 0.743. The van der Waals surface area contributed by atoms with Crippen LogP contribution in [0.5, 0.6) is 5.75 Å². The highest BCUT2D eigenvalue weighted by Gasteiger charge is 2.20. The van der Waals surface area contributed by atoms with Crippen LogP contribution < -0.4 is 10.1 Å². The highest BCUT2D eigenvalue weighted by molar-refractivity contribution is 5.66. The summed E-state index contributed by atoms with van der Waals surface area (Å²) in [6, 6.07) is 6.16. The van der Waals surface area contributed by atoms with E-state index in [1.807, 2.05) is 13.0 Å². The van der Waals surface area contributed by atoms with Crippen LogP contribution in [0.1, 0.15) is 31.4 Å². The SMILES string of the molecule is COc1ccc(C(C)(C)CNCCC(=O)O)cc1C. The summed E-state index contributed by atoms with van der Waals surface area (Å²) in [4.78, 5) is 10.5. The Hall–Kier alpha value is -1.55. The summed E-state index contributed by atoms with van der Waals surface area (Å²) < 4.78 is 5.26. The number of carbonyl (C=O) groups is 1. The van der Waals surface area contributed by atoms with Crippen molar-refractivity contribution in [3.63, 3.8) is 0 Å². The lowest BCUT2D eigenvalue weighted by molar-refractivity contribution is -0.136. The molecule has 4 heteroatoms. The van der Waals surface area contributed by atoms with Crippen LogP contribution in [0.4, 0.5) is 0 Å². The molecule has 0 unspecified atom stereocenters. The van der Waals surface area contributed by atoms with Crippen LogP contribution in [0.3, 0.4) is 0 Å². The molecule has 0 aliphatic heterocycles. The van der Waals surface area contributed by atoms with E-state index >= 15 is 0 Å². The molecular formula is C15H23NO3. The monoisotopic (exact) mass is 265 g/mol. The molecule has 1 rings (SSSR count). The molecule has 0 aromatic heterocycles. The third-order valence-corrected chi connectivity index (χ3v) is 3.26. The van der Waals surface area contributed by atoms with E-state index in [1.165, 1.54) is 5.56 Å². The van der Waals surface area contributed by atoms with Crippen molar-refractivity contribution in [2.75, 3.05) is 20.2 Å².